The van der Waals surface area contributed by atoms with Gasteiger partial charge >= 0.3 is 0 Å². The average molecular weight is 294 g/mol. The van der Waals surface area contributed by atoms with Crippen LogP contribution in [-0.2, 0) is 0 Å². The van der Waals surface area contributed by atoms with E-state index in [0.717, 1.165) is 31.6 Å². The van der Waals surface area contributed by atoms with Gasteiger partial charge in [0, 0.05) is 23.5 Å². The first-order valence-corrected chi connectivity index (χ1v) is 8.33. The van der Waals surface area contributed by atoms with Crippen molar-refractivity contribution in [3.63, 3.8) is 0 Å². The first-order chi connectivity index (χ1) is 9.56. The highest BCUT2D eigenvalue weighted by Crippen LogP contribution is 2.15. The molecule has 0 heterocycles. The van der Waals surface area contributed by atoms with Crippen LogP contribution in [0.5, 0.6) is 0 Å². The number of nitrogens with zero attached hydrogens (tertiary/aromatic N) is 2. The lowest BCUT2D eigenvalue weighted by atomic mass is 10.1. The Morgan fingerprint density at radius 1 is 1.10 bits per heavy atom. The van der Waals surface area contributed by atoms with Crippen LogP contribution in [0.25, 0.3) is 0 Å². The lowest BCUT2D eigenvalue weighted by molar-refractivity contribution is 0.0925. The zero-order chi connectivity index (χ0) is 15.0. The molecule has 1 aromatic rings. The summed E-state index contributed by atoms with van der Waals surface area (Å²) in [5.41, 5.74) is 0.814. The van der Waals surface area contributed by atoms with Crippen molar-refractivity contribution in [2.75, 3.05) is 46.5 Å². The number of likely N-dealkylation sites (N-methyl/N-ethyl adjacent to an activating group) is 1. The molecule has 0 bridgehead atoms. The number of hydrogen-bond donors (Lipinski definition) is 0. The van der Waals surface area contributed by atoms with E-state index in [1.165, 1.54) is 4.90 Å². The summed E-state index contributed by atoms with van der Waals surface area (Å²) < 4.78 is 0. The van der Waals surface area contributed by atoms with Crippen molar-refractivity contribution in [3.8, 4) is 0 Å². The first kappa shape index (κ1) is 17.2. The SMILES string of the molecule is CCCN(CCN(C)C)CC(=O)c1ccc(SC)cc1. The maximum atomic E-state index is 12.3. The summed E-state index contributed by atoms with van der Waals surface area (Å²) in [7, 11) is 4.13. The molecular weight excluding hydrogens is 268 g/mol. The third-order valence-corrected chi connectivity index (χ3v) is 3.93. The molecule has 0 aliphatic rings. The second kappa shape index (κ2) is 9.16. The summed E-state index contributed by atoms with van der Waals surface area (Å²) in [5.74, 6) is 0.213. The average Bonchev–Trinajstić information content (AvgIpc) is 2.45. The standard InChI is InChI=1S/C16H26N2OS/c1-5-10-18(12-11-17(2)3)13-16(19)14-6-8-15(20-4)9-7-14/h6-9H,5,10-13H2,1-4H3. The summed E-state index contributed by atoms with van der Waals surface area (Å²) in [6.07, 6.45) is 3.12. The molecule has 0 radical (unpaired) electrons. The van der Waals surface area contributed by atoms with Crippen LogP contribution in [0, 0.1) is 0 Å². The minimum Gasteiger partial charge on any atom is -0.308 e. The minimum atomic E-state index is 0.213. The molecule has 0 saturated heterocycles. The van der Waals surface area contributed by atoms with Gasteiger partial charge in [0.2, 0.25) is 0 Å². The van der Waals surface area contributed by atoms with Gasteiger partial charge in [-0.3, -0.25) is 9.69 Å². The maximum absolute atomic E-state index is 12.3. The number of Topliss-reactive ketones (excluding diaryl/α,β-unsaturated/α-hetero) is 1. The van der Waals surface area contributed by atoms with Crippen molar-refractivity contribution in [1.29, 1.82) is 0 Å². The Hall–Kier alpha value is -0.840. The van der Waals surface area contributed by atoms with Crippen molar-refractivity contribution in [1.82, 2.24) is 9.80 Å². The van der Waals surface area contributed by atoms with Crippen LogP contribution in [0.4, 0.5) is 0 Å². The predicted octanol–water partition coefficient (Wildman–Crippen LogP) is 2.86. The van der Waals surface area contributed by atoms with Gasteiger partial charge < -0.3 is 4.90 Å². The summed E-state index contributed by atoms with van der Waals surface area (Å²) >= 11 is 1.70. The molecule has 1 rings (SSSR count). The molecule has 1 aromatic carbocycles. The van der Waals surface area contributed by atoms with Crippen LogP contribution in [-0.4, -0.2) is 62.1 Å². The molecule has 112 valence electrons. The summed E-state index contributed by atoms with van der Waals surface area (Å²) in [5, 5.41) is 0. The largest absolute Gasteiger partial charge is 0.308 e. The molecule has 20 heavy (non-hydrogen) atoms. The molecule has 3 nitrogen and oxygen atoms in total. The number of carbonyl (C=O) groups excluding carboxylic acids is 1. The molecule has 0 N–H and O–H groups in total. The van der Waals surface area contributed by atoms with E-state index >= 15 is 0 Å². The number of carbonyl (C=O) groups is 1. The Labute approximate surface area is 127 Å². The highest BCUT2D eigenvalue weighted by Gasteiger charge is 2.12. The molecule has 0 atom stereocenters. The Balaban J connectivity index is 2.59. The Morgan fingerprint density at radius 3 is 2.25 bits per heavy atom. The second-order valence-corrected chi connectivity index (χ2v) is 6.11. The molecule has 0 amide bonds. The number of hydrogen-bond acceptors (Lipinski definition) is 4. The minimum absolute atomic E-state index is 0.213. The van der Waals surface area contributed by atoms with E-state index < -0.39 is 0 Å². The molecule has 0 unspecified atom stereocenters. The third kappa shape index (κ3) is 6.07. The molecule has 4 heteroatoms. The number of rotatable bonds is 9. The van der Waals surface area contributed by atoms with Gasteiger partial charge in [-0.2, -0.15) is 0 Å². The van der Waals surface area contributed by atoms with Gasteiger partial charge in [-0.25, -0.2) is 0 Å². The quantitative estimate of drug-likeness (QED) is 0.516. The topological polar surface area (TPSA) is 23.6 Å². The molecule has 0 aromatic heterocycles. The highest BCUT2D eigenvalue weighted by molar-refractivity contribution is 7.98. The van der Waals surface area contributed by atoms with Crippen molar-refractivity contribution < 1.29 is 4.79 Å². The lowest BCUT2D eigenvalue weighted by Crippen LogP contribution is -2.36. The van der Waals surface area contributed by atoms with Gasteiger partial charge in [-0.15, -0.1) is 11.8 Å². The van der Waals surface area contributed by atoms with Crippen molar-refractivity contribution >= 4 is 17.5 Å². The highest BCUT2D eigenvalue weighted by atomic mass is 32.2. The summed E-state index contributed by atoms with van der Waals surface area (Å²) in [4.78, 5) is 17.9. The van der Waals surface area contributed by atoms with Gasteiger partial charge in [-0.05, 0) is 45.4 Å². The van der Waals surface area contributed by atoms with Crippen LogP contribution in [0.3, 0.4) is 0 Å². The fourth-order valence-corrected chi connectivity index (χ4v) is 2.41. The Bertz CT molecular complexity index is 403. The molecular formula is C16H26N2OS. The van der Waals surface area contributed by atoms with E-state index in [2.05, 4.69) is 30.8 Å². The summed E-state index contributed by atoms with van der Waals surface area (Å²) in [6, 6.07) is 7.90. The monoisotopic (exact) mass is 294 g/mol. The lowest BCUT2D eigenvalue weighted by Gasteiger charge is -2.22. The van der Waals surface area contributed by atoms with Crippen LogP contribution < -0.4 is 0 Å². The molecule has 0 aliphatic carbocycles. The zero-order valence-corrected chi connectivity index (χ0v) is 13.9. The Morgan fingerprint density at radius 2 is 1.75 bits per heavy atom. The van der Waals surface area contributed by atoms with Crippen molar-refractivity contribution in [3.05, 3.63) is 29.8 Å². The van der Waals surface area contributed by atoms with Gasteiger partial charge in [0.15, 0.2) is 5.78 Å². The number of ketones is 1. The van der Waals surface area contributed by atoms with E-state index in [0.29, 0.717) is 6.54 Å². The van der Waals surface area contributed by atoms with Crippen molar-refractivity contribution in [2.24, 2.45) is 0 Å². The van der Waals surface area contributed by atoms with Crippen molar-refractivity contribution in [2.45, 2.75) is 18.2 Å². The van der Waals surface area contributed by atoms with E-state index in [1.807, 2.05) is 30.5 Å². The fourth-order valence-electron chi connectivity index (χ4n) is 2.00. The Kier molecular flexibility index (Phi) is 7.88. The smallest absolute Gasteiger partial charge is 0.176 e. The fraction of sp³-hybridized carbons (Fsp3) is 0.562. The van der Waals surface area contributed by atoms with E-state index in [9.17, 15) is 4.79 Å². The maximum Gasteiger partial charge on any atom is 0.176 e. The zero-order valence-electron chi connectivity index (χ0n) is 13.1. The normalized spacial score (nSPS) is 11.3. The van der Waals surface area contributed by atoms with E-state index in [-0.39, 0.29) is 5.78 Å². The van der Waals surface area contributed by atoms with Crippen LogP contribution in [0.2, 0.25) is 0 Å². The van der Waals surface area contributed by atoms with Gasteiger partial charge in [0.1, 0.15) is 0 Å². The van der Waals surface area contributed by atoms with Crippen LogP contribution in [0.15, 0.2) is 29.2 Å². The predicted molar refractivity (Wildman–Crippen MR) is 87.8 cm³/mol. The van der Waals surface area contributed by atoms with E-state index in [1.54, 1.807) is 11.8 Å². The van der Waals surface area contributed by atoms with Crippen LogP contribution in [0.1, 0.15) is 23.7 Å². The third-order valence-electron chi connectivity index (χ3n) is 3.18. The summed E-state index contributed by atoms with van der Waals surface area (Å²) in [6.45, 7) is 5.57. The number of thioether (sulfide) groups is 1. The van der Waals surface area contributed by atoms with Gasteiger partial charge in [0.25, 0.3) is 0 Å². The first-order valence-electron chi connectivity index (χ1n) is 7.11. The number of benzene rings is 1. The van der Waals surface area contributed by atoms with Gasteiger partial charge in [-0.1, -0.05) is 19.1 Å². The van der Waals surface area contributed by atoms with Crippen LogP contribution >= 0.6 is 11.8 Å². The molecule has 0 fully saturated rings. The molecule has 0 spiro atoms. The van der Waals surface area contributed by atoms with E-state index in [4.69, 9.17) is 0 Å². The van der Waals surface area contributed by atoms with Gasteiger partial charge in [0.05, 0.1) is 6.54 Å². The molecule has 0 saturated carbocycles. The second-order valence-electron chi connectivity index (χ2n) is 5.23. The molecule has 0 aliphatic heterocycles.